The second-order valence-electron chi connectivity index (χ2n) is 4.86. The van der Waals surface area contributed by atoms with Gasteiger partial charge in [0.1, 0.15) is 0 Å². The number of benzene rings is 2. The molecule has 0 fully saturated rings. The van der Waals surface area contributed by atoms with Gasteiger partial charge in [0, 0.05) is 10.6 Å². The molecule has 124 valence electrons. The van der Waals surface area contributed by atoms with Crippen LogP contribution >= 0.6 is 11.6 Å². The molecule has 0 aliphatic carbocycles. The first-order valence-corrected chi connectivity index (χ1v) is 7.47. The predicted octanol–water partition coefficient (Wildman–Crippen LogP) is 2.35. The lowest BCUT2D eigenvalue weighted by Gasteiger charge is -2.14. The Morgan fingerprint density at radius 3 is 2.17 bits per heavy atom. The molecular formula is C17H15ClN2O4. The van der Waals surface area contributed by atoms with Gasteiger partial charge in [0.05, 0.1) is 5.56 Å². The van der Waals surface area contributed by atoms with Crippen LogP contribution in [0.5, 0.6) is 0 Å². The molecule has 2 N–H and O–H groups in total. The van der Waals surface area contributed by atoms with Crippen molar-refractivity contribution in [2.45, 2.75) is 13.0 Å². The van der Waals surface area contributed by atoms with Gasteiger partial charge in [-0.2, -0.15) is 0 Å². The third-order valence-electron chi connectivity index (χ3n) is 3.07. The first-order valence-electron chi connectivity index (χ1n) is 7.09. The van der Waals surface area contributed by atoms with E-state index in [0.717, 1.165) is 0 Å². The quantitative estimate of drug-likeness (QED) is 0.657. The minimum Gasteiger partial charge on any atom is -0.449 e. The van der Waals surface area contributed by atoms with Crippen molar-refractivity contribution in [3.63, 3.8) is 0 Å². The van der Waals surface area contributed by atoms with Gasteiger partial charge in [-0.25, -0.2) is 4.79 Å². The molecular weight excluding hydrogens is 332 g/mol. The SMILES string of the molecule is C[C@@H](OC(=O)c1ccc(Cl)cc1)C(=O)NNC(=O)c1ccccc1. The zero-order chi connectivity index (χ0) is 17.5. The number of halogens is 1. The van der Waals surface area contributed by atoms with Gasteiger partial charge in [0.25, 0.3) is 11.8 Å². The van der Waals surface area contributed by atoms with Crippen LogP contribution in [0.15, 0.2) is 54.6 Å². The Morgan fingerprint density at radius 2 is 1.54 bits per heavy atom. The molecule has 1 atom stereocenters. The van der Waals surface area contributed by atoms with Gasteiger partial charge in [-0.3, -0.25) is 20.4 Å². The lowest BCUT2D eigenvalue weighted by atomic mass is 10.2. The van der Waals surface area contributed by atoms with Gasteiger partial charge in [-0.05, 0) is 43.3 Å². The summed E-state index contributed by atoms with van der Waals surface area (Å²) in [6.45, 7) is 1.40. The number of ether oxygens (including phenoxy) is 1. The van der Waals surface area contributed by atoms with Crippen LogP contribution in [0.4, 0.5) is 0 Å². The highest BCUT2D eigenvalue weighted by molar-refractivity contribution is 6.30. The van der Waals surface area contributed by atoms with Crippen LogP contribution in [-0.4, -0.2) is 23.9 Å². The van der Waals surface area contributed by atoms with Crippen molar-refractivity contribution in [2.24, 2.45) is 0 Å². The maximum Gasteiger partial charge on any atom is 0.338 e. The highest BCUT2D eigenvalue weighted by Crippen LogP contribution is 2.11. The van der Waals surface area contributed by atoms with Crippen molar-refractivity contribution < 1.29 is 19.1 Å². The average molecular weight is 347 g/mol. The van der Waals surface area contributed by atoms with Crippen molar-refractivity contribution in [1.29, 1.82) is 0 Å². The molecule has 0 saturated carbocycles. The zero-order valence-electron chi connectivity index (χ0n) is 12.8. The van der Waals surface area contributed by atoms with E-state index in [4.69, 9.17) is 16.3 Å². The molecule has 6 nitrogen and oxygen atoms in total. The number of amides is 2. The van der Waals surface area contributed by atoms with Crippen LogP contribution in [0.2, 0.25) is 5.02 Å². The molecule has 0 heterocycles. The van der Waals surface area contributed by atoms with E-state index in [1.165, 1.54) is 19.1 Å². The van der Waals surface area contributed by atoms with Gasteiger partial charge in [-0.15, -0.1) is 0 Å². The second kappa shape index (κ2) is 8.12. The fourth-order valence-corrected chi connectivity index (χ4v) is 1.88. The number of esters is 1. The molecule has 24 heavy (non-hydrogen) atoms. The first-order chi connectivity index (χ1) is 11.5. The maximum atomic E-state index is 11.9. The lowest BCUT2D eigenvalue weighted by Crippen LogP contribution is -2.46. The second-order valence-corrected chi connectivity index (χ2v) is 5.30. The number of carbonyl (C=O) groups excluding carboxylic acids is 3. The van der Waals surface area contributed by atoms with Gasteiger partial charge < -0.3 is 4.74 Å². The Labute approximate surface area is 143 Å². The van der Waals surface area contributed by atoms with Crippen molar-refractivity contribution in [1.82, 2.24) is 10.9 Å². The zero-order valence-corrected chi connectivity index (χ0v) is 13.5. The molecule has 2 amide bonds. The number of carbonyl (C=O) groups is 3. The standard InChI is InChI=1S/C17H15ClN2O4/c1-11(24-17(23)13-7-9-14(18)10-8-13)15(21)19-20-16(22)12-5-3-2-4-6-12/h2-11H,1H3,(H,19,21)(H,20,22)/t11-/m1/s1. The van der Waals surface area contributed by atoms with Gasteiger partial charge in [0.15, 0.2) is 6.10 Å². The van der Waals surface area contributed by atoms with E-state index in [1.807, 2.05) is 0 Å². The summed E-state index contributed by atoms with van der Waals surface area (Å²) in [6.07, 6.45) is -1.08. The normalized spacial score (nSPS) is 11.2. The van der Waals surface area contributed by atoms with E-state index in [0.29, 0.717) is 10.6 Å². The topological polar surface area (TPSA) is 84.5 Å². The van der Waals surface area contributed by atoms with Crippen molar-refractivity contribution in [2.75, 3.05) is 0 Å². The van der Waals surface area contributed by atoms with E-state index in [9.17, 15) is 14.4 Å². The summed E-state index contributed by atoms with van der Waals surface area (Å²) >= 11 is 5.74. The third-order valence-corrected chi connectivity index (χ3v) is 3.32. The minimum absolute atomic E-state index is 0.271. The van der Waals surface area contributed by atoms with E-state index >= 15 is 0 Å². The molecule has 0 aliphatic heterocycles. The Kier molecular flexibility index (Phi) is 5.92. The third kappa shape index (κ3) is 4.82. The van der Waals surface area contributed by atoms with Crippen molar-refractivity contribution in [3.05, 3.63) is 70.7 Å². The summed E-state index contributed by atoms with van der Waals surface area (Å²) in [4.78, 5) is 35.6. The first kappa shape index (κ1) is 17.5. The van der Waals surface area contributed by atoms with Crippen LogP contribution < -0.4 is 10.9 Å². The van der Waals surface area contributed by atoms with Crippen molar-refractivity contribution in [3.8, 4) is 0 Å². The van der Waals surface area contributed by atoms with Crippen LogP contribution in [-0.2, 0) is 9.53 Å². The van der Waals surface area contributed by atoms with Crippen molar-refractivity contribution >= 4 is 29.4 Å². The van der Waals surface area contributed by atoms with Gasteiger partial charge in [0.2, 0.25) is 0 Å². The molecule has 0 unspecified atom stereocenters. The van der Waals surface area contributed by atoms with Gasteiger partial charge in [-0.1, -0.05) is 29.8 Å². The Balaban J connectivity index is 1.84. The lowest BCUT2D eigenvalue weighted by molar-refractivity contribution is -0.129. The number of hydrogen-bond donors (Lipinski definition) is 2. The van der Waals surface area contributed by atoms with E-state index < -0.39 is 23.9 Å². The van der Waals surface area contributed by atoms with Crippen LogP contribution in [0, 0.1) is 0 Å². The maximum absolute atomic E-state index is 11.9. The monoisotopic (exact) mass is 346 g/mol. The molecule has 0 saturated heterocycles. The molecule has 0 radical (unpaired) electrons. The molecule has 2 aromatic rings. The van der Waals surface area contributed by atoms with E-state index in [-0.39, 0.29) is 5.56 Å². The highest BCUT2D eigenvalue weighted by Gasteiger charge is 2.19. The van der Waals surface area contributed by atoms with Crippen LogP contribution in [0.25, 0.3) is 0 Å². The van der Waals surface area contributed by atoms with Crippen LogP contribution in [0.1, 0.15) is 27.6 Å². The summed E-state index contributed by atoms with van der Waals surface area (Å²) in [5.41, 5.74) is 5.13. The predicted molar refractivity (Wildman–Crippen MR) is 88.4 cm³/mol. The van der Waals surface area contributed by atoms with E-state index in [2.05, 4.69) is 10.9 Å². The molecule has 0 aromatic heterocycles. The Bertz CT molecular complexity index is 732. The summed E-state index contributed by atoms with van der Waals surface area (Å²) in [5, 5.41) is 0.487. The summed E-state index contributed by atoms with van der Waals surface area (Å²) in [5.74, 6) is -1.79. The Hall–Kier alpha value is -2.86. The van der Waals surface area contributed by atoms with Crippen LogP contribution in [0.3, 0.4) is 0 Å². The molecule has 0 spiro atoms. The summed E-state index contributed by atoms with van der Waals surface area (Å²) in [7, 11) is 0. The highest BCUT2D eigenvalue weighted by atomic mass is 35.5. The van der Waals surface area contributed by atoms with Gasteiger partial charge >= 0.3 is 5.97 Å². The number of rotatable bonds is 4. The Morgan fingerprint density at radius 1 is 0.917 bits per heavy atom. The average Bonchev–Trinajstić information content (AvgIpc) is 2.60. The smallest absolute Gasteiger partial charge is 0.338 e. The largest absolute Gasteiger partial charge is 0.449 e. The minimum atomic E-state index is -1.08. The summed E-state index contributed by atoms with van der Waals surface area (Å²) < 4.78 is 5.03. The molecule has 0 bridgehead atoms. The number of nitrogens with one attached hydrogen (secondary N) is 2. The summed E-state index contributed by atoms with van der Waals surface area (Å²) in [6, 6.07) is 14.5. The number of hydrazine groups is 1. The molecule has 2 aromatic carbocycles. The molecule has 2 rings (SSSR count). The van der Waals surface area contributed by atoms with E-state index in [1.54, 1.807) is 42.5 Å². The fourth-order valence-electron chi connectivity index (χ4n) is 1.75. The molecule has 0 aliphatic rings. The number of hydrogen-bond acceptors (Lipinski definition) is 4. The fraction of sp³-hybridized carbons (Fsp3) is 0.118. The molecule has 7 heteroatoms.